The number of aliphatic carboxylic acids is 1. The van der Waals surface area contributed by atoms with Crippen LogP contribution in [0.5, 0.6) is 0 Å². The van der Waals surface area contributed by atoms with Crippen LogP contribution in [0.25, 0.3) is 11.1 Å². The van der Waals surface area contributed by atoms with Crippen molar-refractivity contribution in [3.8, 4) is 11.1 Å². The van der Waals surface area contributed by atoms with Crippen molar-refractivity contribution in [2.45, 2.75) is 12.6 Å². The average Bonchev–Trinajstić information content (AvgIpc) is 2.51. The number of carboxylic acid groups (broad SMARTS) is 1. The van der Waals surface area contributed by atoms with E-state index in [2.05, 4.69) is 4.98 Å². The van der Waals surface area contributed by atoms with E-state index in [9.17, 15) is 18.0 Å². The summed E-state index contributed by atoms with van der Waals surface area (Å²) in [7, 11) is 0. The fourth-order valence-electron chi connectivity index (χ4n) is 2.13. The summed E-state index contributed by atoms with van der Waals surface area (Å²) < 4.78 is 40.2. The second-order valence-electron chi connectivity index (χ2n) is 4.71. The van der Waals surface area contributed by atoms with Gasteiger partial charge in [-0.1, -0.05) is 58.0 Å². The Morgan fingerprint density at radius 2 is 1.44 bits per heavy atom. The predicted octanol–water partition coefficient (Wildman–Crippen LogP) is 6.66. The van der Waals surface area contributed by atoms with Gasteiger partial charge in [-0.2, -0.15) is 13.2 Å². The summed E-state index contributed by atoms with van der Waals surface area (Å²) in [6, 6.07) is 1.11. The average molecular weight is 453 g/mol. The molecule has 0 saturated heterocycles. The highest BCUT2D eigenvalue weighted by Gasteiger charge is 2.38. The molecule has 0 amide bonds. The highest BCUT2D eigenvalue weighted by molar-refractivity contribution is 6.56. The van der Waals surface area contributed by atoms with Crippen LogP contribution in [0.1, 0.15) is 11.3 Å². The second kappa shape index (κ2) is 7.37. The molecule has 25 heavy (non-hydrogen) atoms. The van der Waals surface area contributed by atoms with Gasteiger partial charge in [0, 0.05) is 17.3 Å². The molecule has 0 spiro atoms. The summed E-state index contributed by atoms with van der Waals surface area (Å²) >= 11 is 29.7. The number of rotatable bonds is 3. The van der Waals surface area contributed by atoms with Crippen LogP contribution in [0.15, 0.2) is 12.3 Å². The molecule has 2 rings (SSSR count). The van der Waals surface area contributed by atoms with Crippen molar-refractivity contribution in [3.05, 3.63) is 48.6 Å². The third kappa shape index (κ3) is 3.93. The third-order valence-corrected chi connectivity index (χ3v) is 5.38. The van der Waals surface area contributed by atoms with E-state index in [0.717, 1.165) is 12.3 Å². The summed E-state index contributed by atoms with van der Waals surface area (Å²) in [6.45, 7) is 0. The summed E-state index contributed by atoms with van der Waals surface area (Å²) in [6.07, 6.45) is -4.80. The fourth-order valence-corrected chi connectivity index (χ4v) is 3.46. The quantitative estimate of drug-likeness (QED) is 0.418. The van der Waals surface area contributed by atoms with Gasteiger partial charge < -0.3 is 5.11 Å². The van der Waals surface area contributed by atoms with Crippen LogP contribution in [0, 0.1) is 0 Å². The minimum atomic E-state index is -4.91. The van der Waals surface area contributed by atoms with E-state index >= 15 is 0 Å². The largest absolute Gasteiger partial charge is 0.481 e. The van der Waals surface area contributed by atoms with Gasteiger partial charge in [0.05, 0.1) is 31.5 Å². The second-order valence-corrected chi connectivity index (χ2v) is 6.60. The Bertz CT molecular complexity index is 842. The molecule has 0 aliphatic heterocycles. The number of benzene rings is 1. The van der Waals surface area contributed by atoms with Crippen molar-refractivity contribution in [2.24, 2.45) is 0 Å². The molecule has 0 aliphatic carbocycles. The van der Waals surface area contributed by atoms with Crippen LogP contribution in [0.4, 0.5) is 13.2 Å². The summed E-state index contributed by atoms with van der Waals surface area (Å²) in [5, 5.41) is 7.32. The Labute approximate surface area is 164 Å². The molecule has 0 atom stereocenters. The van der Waals surface area contributed by atoms with E-state index in [-0.39, 0.29) is 26.2 Å². The van der Waals surface area contributed by atoms with E-state index in [1.165, 1.54) is 0 Å². The maximum Gasteiger partial charge on any atom is 0.433 e. The molecular weight excluding hydrogens is 448 g/mol. The Balaban J connectivity index is 2.98. The first-order valence-corrected chi connectivity index (χ1v) is 8.14. The van der Waals surface area contributed by atoms with Crippen molar-refractivity contribution < 1.29 is 23.1 Å². The SMILES string of the molecule is O=C(O)Cc1ccnc(C(F)(F)F)c1-c1c(Cl)c(Cl)c(Cl)c(Cl)c1Cl. The third-order valence-electron chi connectivity index (χ3n) is 3.11. The molecule has 1 N–H and O–H groups in total. The topological polar surface area (TPSA) is 50.2 Å². The maximum atomic E-state index is 13.4. The van der Waals surface area contributed by atoms with Crippen molar-refractivity contribution in [3.63, 3.8) is 0 Å². The van der Waals surface area contributed by atoms with Gasteiger partial charge in [-0.15, -0.1) is 0 Å². The van der Waals surface area contributed by atoms with Gasteiger partial charge in [-0.25, -0.2) is 0 Å². The molecule has 134 valence electrons. The van der Waals surface area contributed by atoms with Crippen molar-refractivity contribution in [1.29, 1.82) is 0 Å². The monoisotopic (exact) mass is 451 g/mol. The Kier molecular flexibility index (Phi) is 6.01. The lowest BCUT2D eigenvalue weighted by molar-refractivity contribution is -0.141. The van der Waals surface area contributed by atoms with E-state index in [1.54, 1.807) is 0 Å². The molecule has 1 aromatic heterocycles. The zero-order valence-corrected chi connectivity index (χ0v) is 15.5. The molecule has 0 saturated carbocycles. The zero-order valence-electron chi connectivity index (χ0n) is 11.7. The van der Waals surface area contributed by atoms with Gasteiger partial charge in [0.2, 0.25) is 0 Å². The maximum absolute atomic E-state index is 13.4. The number of carboxylic acids is 1. The normalized spacial score (nSPS) is 11.7. The highest BCUT2D eigenvalue weighted by Crippen LogP contribution is 2.51. The molecule has 1 aromatic carbocycles. The minimum Gasteiger partial charge on any atom is -0.481 e. The van der Waals surface area contributed by atoms with E-state index in [0.29, 0.717) is 0 Å². The van der Waals surface area contributed by atoms with Crippen LogP contribution in [0.3, 0.4) is 0 Å². The molecule has 0 unspecified atom stereocenters. The number of hydrogen-bond acceptors (Lipinski definition) is 2. The lowest BCUT2D eigenvalue weighted by Gasteiger charge is -2.19. The molecule has 0 aliphatic rings. The molecule has 3 nitrogen and oxygen atoms in total. The highest BCUT2D eigenvalue weighted by atomic mass is 35.5. The number of halogens is 8. The van der Waals surface area contributed by atoms with Crippen molar-refractivity contribution in [2.75, 3.05) is 0 Å². The first kappa shape index (κ1) is 20.4. The van der Waals surface area contributed by atoms with Gasteiger partial charge in [0.15, 0.2) is 5.69 Å². The lowest BCUT2D eigenvalue weighted by atomic mass is 9.95. The van der Waals surface area contributed by atoms with E-state index in [4.69, 9.17) is 63.1 Å². The van der Waals surface area contributed by atoms with Gasteiger partial charge in [-0.3, -0.25) is 9.78 Å². The van der Waals surface area contributed by atoms with Crippen LogP contribution in [-0.4, -0.2) is 16.1 Å². The Hall–Kier alpha value is -0.920. The fraction of sp³-hybridized carbons (Fsp3) is 0.143. The number of nitrogens with zero attached hydrogens (tertiary/aromatic N) is 1. The number of aromatic nitrogens is 1. The van der Waals surface area contributed by atoms with Crippen LogP contribution < -0.4 is 0 Å². The van der Waals surface area contributed by atoms with Gasteiger partial charge in [0.1, 0.15) is 0 Å². The van der Waals surface area contributed by atoms with Crippen molar-refractivity contribution >= 4 is 64.0 Å². The first-order valence-electron chi connectivity index (χ1n) is 6.25. The van der Waals surface area contributed by atoms with Crippen LogP contribution in [0.2, 0.25) is 25.1 Å². The van der Waals surface area contributed by atoms with E-state index < -0.39 is 39.9 Å². The van der Waals surface area contributed by atoms with Crippen molar-refractivity contribution in [1.82, 2.24) is 4.98 Å². The number of pyridine rings is 1. The first-order chi connectivity index (χ1) is 11.5. The number of hydrogen-bond donors (Lipinski definition) is 1. The number of carbonyl (C=O) groups is 1. The lowest BCUT2D eigenvalue weighted by Crippen LogP contribution is -2.14. The molecule has 0 fully saturated rings. The molecular formula is C14H5Cl5F3NO2. The summed E-state index contributed by atoms with van der Waals surface area (Å²) in [5.74, 6) is -1.36. The molecule has 2 aromatic rings. The van der Waals surface area contributed by atoms with Gasteiger partial charge in [-0.05, 0) is 11.6 Å². The molecule has 0 bridgehead atoms. The summed E-state index contributed by atoms with van der Waals surface area (Å²) in [5.41, 5.74) is -2.59. The Morgan fingerprint density at radius 3 is 1.88 bits per heavy atom. The molecule has 11 heteroatoms. The Morgan fingerprint density at radius 1 is 0.960 bits per heavy atom. The smallest absolute Gasteiger partial charge is 0.433 e. The van der Waals surface area contributed by atoms with E-state index in [1.807, 2.05) is 0 Å². The minimum absolute atomic E-state index is 0.215. The van der Waals surface area contributed by atoms with Gasteiger partial charge in [0.25, 0.3) is 0 Å². The standard InChI is InChI=1S/C14H5Cl5F3NO2/c15-8-7(9(16)11(18)12(19)10(8)17)6-4(3-5(24)25)1-2-23-13(6)14(20,21)22/h1-2H,3H2,(H,24,25). The van der Waals surface area contributed by atoms with Gasteiger partial charge >= 0.3 is 12.1 Å². The predicted molar refractivity (Wildman–Crippen MR) is 91.1 cm³/mol. The summed E-state index contributed by atoms with van der Waals surface area (Å²) in [4.78, 5) is 14.3. The zero-order chi connectivity index (χ0) is 19.1. The van der Waals surface area contributed by atoms with Crippen LogP contribution >= 0.6 is 58.0 Å². The number of alkyl halides is 3. The molecule has 1 heterocycles. The molecule has 0 radical (unpaired) electrons. The van der Waals surface area contributed by atoms with Crippen LogP contribution in [-0.2, 0) is 17.4 Å².